The van der Waals surface area contributed by atoms with Crippen LogP contribution in [0, 0.1) is 0 Å². The average molecular weight is 353 g/mol. The van der Waals surface area contributed by atoms with Gasteiger partial charge in [0.1, 0.15) is 17.8 Å². The van der Waals surface area contributed by atoms with E-state index in [-0.39, 0.29) is 11.4 Å². The molecule has 3 aromatic rings. The van der Waals surface area contributed by atoms with Gasteiger partial charge >= 0.3 is 0 Å². The van der Waals surface area contributed by atoms with Crippen molar-refractivity contribution in [2.75, 3.05) is 24.5 Å². The lowest BCUT2D eigenvalue weighted by Crippen LogP contribution is -2.57. The van der Waals surface area contributed by atoms with Crippen molar-refractivity contribution in [3.8, 4) is 0 Å². The van der Waals surface area contributed by atoms with Crippen molar-refractivity contribution >= 4 is 34.1 Å². The Kier molecular flexibility index (Phi) is 3.31. The van der Waals surface area contributed by atoms with Crippen LogP contribution in [0.25, 0.3) is 11.0 Å². The highest BCUT2D eigenvalue weighted by Crippen LogP contribution is 2.45. The summed E-state index contributed by atoms with van der Waals surface area (Å²) < 4.78 is 0. The molecule has 1 N–H and O–H groups in total. The van der Waals surface area contributed by atoms with Gasteiger partial charge in [-0.05, 0) is 30.4 Å². The minimum atomic E-state index is 0.000172. The second-order valence-corrected chi connectivity index (χ2v) is 7.92. The van der Waals surface area contributed by atoms with Crippen LogP contribution in [-0.2, 0) is 11.2 Å². The third-order valence-corrected chi connectivity index (χ3v) is 6.19. The number of aromatic nitrogens is 3. The largest absolute Gasteiger partial charge is 0.352 e. The van der Waals surface area contributed by atoms with Crippen LogP contribution >= 0.6 is 11.3 Å². The molecule has 5 rings (SSSR count). The number of carbonyl (C=O) groups is 1. The van der Waals surface area contributed by atoms with E-state index in [0.717, 1.165) is 54.2 Å². The smallest absolute Gasteiger partial charge is 0.228 e. The average Bonchev–Trinajstić information content (AvgIpc) is 3.05. The van der Waals surface area contributed by atoms with Crippen molar-refractivity contribution in [2.45, 2.75) is 24.8 Å². The van der Waals surface area contributed by atoms with Gasteiger partial charge in [0.25, 0.3) is 0 Å². The van der Waals surface area contributed by atoms with Gasteiger partial charge in [-0.15, -0.1) is 11.3 Å². The zero-order valence-electron chi connectivity index (χ0n) is 13.8. The van der Waals surface area contributed by atoms with Crippen molar-refractivity contribution in [3.63, 3.8) is 0 Å². The first-order valence-corrected chi connectivity index (χ1v) is 9.49. The first-order valence-electron chi connectivity index (χ1n) is 8.61. The maximum Gasteiger partial charge on any atom is 0.228 e. The molecule has 1 aliphatic heterocycles. The number of fused-ring (bicyclic) bond motifs is 1. The molecule has 0 radical (unpaired) electrons. The van der Waals surface area contributed by atoms with Crippen molar-refractivity contribution < 1.29 is 4.79 Å². The molecule has 2 aliphatic rings. The molecule has 1 aliphatic carbocycles. The predicted octanol–water partition coefficient (Wildman–Crippen LogP) is 2.44. The Morgan fingerprint density at radius 3 is 3.00 bits per heavy atom. The SMILES string of the molecule is O=C(Cc1cccs1)N1CCN(c2ncnc3[nH]ccc23)CC12CC2. The third-order valence-electron chi connectivity index (χ3n) is 5.32. The Balaban J connectivity index is 1.37. The van der Waals surface area contributed by atoms with Crippen LogP contribution in [0.15, 0.2) is 36.1 Å². The number of piperazine rings is 1. The monoisotopic (exact) mass is 353 g/mol. The molecule has 1 saturated heterocycles. The predicted molar refractivity (Wildman–Crippen MR) is 97.8 cm³/mol. The molecule has 25 heavy (non-hydrogen) atoms. The summed E-state index contributed by atoms with van der Waals surface area (Å²) in [4.78, 5) is 30.4. The summed E-state index contributed by atoms with van der Waals surface area (Å²) in [5.41, 5.74) is 0.867. The summed E-state index contributed by atoms with van der Waals surface area (Å²) in [5, 5.41) is 3.08. The second-order valence-electron chi connectivity index (χ2n) is 6.88. The van der Waals surface area contributed by atoms with Crippen LogP contribution in [0.1, 0.15) is 17.7 Å². The molecule has 0 aromatic carbocycles. The molecule has 0 unspecified atom stereocenters. The lowest BCUT2D eigenvalue weighted by atomic mass is 10.1. The van der Waals surface area contributed by atoms with E-state index in [0.29, 0.717) is 6.42 Å². The molecule has 1 spiro atoms. The molecular formula is C18H19N5OS. The first kappa shape index (κ1) is 14.9. The van der Waals surface area contributed by atoms with E-state index >= 15 is 0 Å². The number of H-pyrrole nitrogens is 1. The Morgan fingerprint density at radius 1 is 1.28 bits per heavy atom. The number of nitrogens with zero attached hydrogens (tertiary/aromatic N) is 4. The molecule has 3 aromatic heterocycles. The normalized spacial score (nSPS) is 18.9. The van der Waals surface area contributed by atoms with Gasteiger partial charge in [-0.2, -0.15) is 0 Å². The zero-order chi connectivity index (χ0) is 16.9. The van der Waals surface area contributed by atoms with Gasteiger partial charge in [0, 0.05) is 30.7 Å². The molecular weight excluding hydrogens is 334 g/mol. The standard InChI is InChI=1S/C18H19N5OS/c24-15(10-13-2-1-9-25-13)23-8-7-22(11-18(23)4-5-18)17-14-3-6-19-16(14)20-12-21-17/h1-3,6,9,12H,4-5,7-8,10-11H2,(H,19,20,21). The number of hydrogen-bond donors (Lipinski definition) is 1. The number of hydrogen-bond acceptors (Lipinski definition) is 5. The van der Waals surface area contributed by atoms with Crippen molar-refractivity contribution in [3.05, 3.63) is 41.0 Å². The summed E-state index contributed by atoms with van der Waals surface area (Å²) in [6.45, 7) is 2.44. The van der Waals surface area contributed by atoms with Gasteiger partial charge in [-0.3, -0.25) is 4.79 Å². The van der Waals surface area contributed by atoms with E-state index < -0.39 is 0 Å². The van der Waals surface area contributed by atoms with Crippen molar-refractivity contribution in [2.24, 2.45) is 0 Å². The highest BCUT2D eigenvalue weighted by molar-refractivity contribution is 7.10. The van der Waals surface area contributed by atoms with E-state index in [1.807, 2.05) is 29.8 Å². The summed E-state index contributed by atoms with van der Waals surface area (Å²) in [6.07, 6.45) is 6.20. The van der Waals surface area contributed by atoms with Crippen molar-refractivity contribution in [1.29, 1.82) is 0 Å². The van der Waals surface area contributed by atoms with Crippen LogP contribution in [0.5, 0.6) is 0 Å². The minimum Gasteiger partial charge on any atom is -0.352 e. The van der Waals surface area contributed by atoms with E-state index in [4.69, 9.17) is 0 Å². The van der Waals surface area contributed by atoms with Crippen LogP contribution in [0.3, 0.4) is 0 Å². The lowest BCUT2D eigenvalue weighted by molar-refractivity contribution is -0.134. The van der Waals surface area contributed by atoms with Crippen LogP contribution in [0.4, 0.5) is 5.82 Å². The van der Waals surface area contributed by atoms with E-state index in [1.165, 1.54) is 0 Å². The quantitative estimate of drug-likeness (QED) is 0.785. The molecule has 0 atom stereocenters. The maximum absolute atomic E-state index is 12.8. The van der Waals surface area contributed by atoms with E-state index in [1.54, 1.807) is 17.7 Å². The Labute approximate surface area is 149 Å². The molecule has 2 fully saturated rings. The Bertz CT molecular complexity index is 915. The number of amides is 1. The minimum absolute atomic E-state index is 0.000172. The van der Waals surface area contributed by atoms with Crippen LogP contribution in [0.2, 0.25) is 0 Å². The summed E-state index contributed by atoms with van der Waals surface area (Å²) >= 11 is 1.66. The molecule has 128 valence electrons. The van der Waals surface area contributed by atoms with Gasteiger partial charge in [0.2, 0.25) is 5.91 Å². The van der Waals surface area contributed by atoms with Gasteiger partial charge in [0.15, 0.2) is 0 Å². The molecule has 0 bridgehead atoms. The number of carbonyl (C=O) groups excluding carboxylic acids is 1. The van der Waals surface area contributed by atoms with Gasteiger partial charge in [-0.25, -0.2) is 9.97 Å². The summed E-state index contributed by atoms with van der Waals surface area (Å²) in [5.74, 6) is 1.23. The van der Waals surface area contributed by atoms with Crippen molar-refractivity contribution in [1.82, 2.24) is 19.9 Å². The van der Waals surface area contributed by atoms with Gasteiger partial charge in [-0.1, -0.05) is 6.07 Å². The van der Waals surface area contributed by atoms with Crippen LogP contribution in [-0.4, -0.2) is 50.9 Å². The number of aromatic amines is 1. The summed E-state index contributed by atoms with van der Waals surface area (Å²) in [7, 11) is 0. The Hall–Kier alpha value is -2.41. The van der Waals surface area contributed by atoms with Gasteiger partial charge in [0.05, 0.1) is 17.3 Å². The molecule has 4 heterocycles. The molecule has 7 heteroatoms. The summed E-state index contributed by atoms with van der Waals surface area (Å²) in [6, 6.07) is 6.08. The van der Waals surface area contributed by atoms with E-state index in [2.05, 4.69) is 24.8 Å². The second kappa shape index (κ2) is 5.56. The number of nitrogens with one attached hydrogen (secondary N) is 1. The zero-order valence-corrected chi connectivity index (χ0v) is 14.6. The molecule has 1 amide bonds. The number of thiophene rings is 1. The first-order chi connectivity index (χ1) is 12.3. The van der Waals surface area contributed by atoms with Gasteiger partial charge < -0.3 is 14.8 Å². The topological polar surface area (TPSA) is 65.1 Å². The molecule has 6 nitrogen and oxygen atoms in total. The highest BCUT2D eigenvalue weighted by atomic mass is 32.1. The third kappa shape index (κ3) is 2.50. The maximum atomic E-state index is 12.8. The Morgan fingerprint density at radius 2 is 2.20 bits per heavy atom. The fraction of sp³-hybridized carbons (Fsp3) is 0.389. The molecule has 1 saturated carbocycles. The number of rotatable bonds is 3. The van der Waals surface area contributed by atoms with E-state index in [9.17, 15) is 4.79 Å². The number of anilines is 1. The lowest BCUT2D eigenvalue weighted by Gasteiger charge is -2.43. The highest BCUT2D eigenvalue weighted by Gasteiger charge is 2.53. The van der Waals surface area contributed by atoms with Crippen LogP contribution < -0.4 is 4.90 Å². The fourth-order valence-electron chi connectivity index (χ4n) is 3.89. The fourth-order valence-corrected chi connectivity index (χ4v) is 4.58.